The van der Waals surface area contributed by atoms with Gasteiger partial charge in [0.15, 0.2) is 5.82 Å². The second kappa shape index (κ2) is 5.01. The molecule has 0 atom stereocenters. The van der Waals surface area contributed by atoms with Crippen molar-refractivity contribution in [1.82, 2.24) is 0 Å². The van der Waals surface area contributed by atoms with Gasteiger partial charge in [-0.1, -0.05) is 44.2 Å². The van der Waals surface area contributed by atoms with Gasteiger partial charge < -0.3 is 0 Å². The molecule has 0 unspecified atom stereocenters. The summed E-state index contributed by atoms with van der Waals surface area (Å²) in [6, 6.07) is 16.6. The third-order valence-electron chi connectivity index (χ3n) is 5.30. The summed E-state index contributed by atoms with van der Waals surface area (Å²) in [7, 11) is 1.89. The van der Waals surface area contributed by atoms with Gasteiger partial charge in [0.05, 0.1) is 0 Å². The molecule has 3 aromatic rings. The first-order valence-electron chi connectivity index (χ1n) is 8.30. The van der Waals surface area contributed by atoms with Crippen molar-refractivity contribution in [3.05, 3.63) is 77.2 Å². The van der Waals surface area contributed by atoms with Crippen molar-refractivity contribution in [2.24, 2.45) is 7.05 Å². The summed E-state index contributed by atoms with van der Waals surface area (Å²) in [5.41, 5.74) is 8.75. The van der Waals surface area contributed by atoms with E-state index >= 15 is 0 Å². The third-order valence-corrected chi connectivity index (χ3v) is 5.30. The van der Waals surface area contributed by atoms with Crippen LogP contribution in [0.15, 0.2) is 54.7 Å². The van der Waals surface area contributed by atoms with E-state index in [1.807, 2.05) is 17.7 Å². The van der Waals surface area contributed by atoms with Crippen molar-refractivity contribution in [3.63, 3.8) is 0 Å². The predicted octanol–water partition coefficient (Wildman–Crippen LogP) is 4.93. The maximum Gasteiger partial charge on any atom is 0.212 e. The number of nitrogens with zero attached hydrogens (tertiary/aromatic N) is 1. The molecular weight excluding hydrogens is 297 g/mol. The van der Waals surface area contributed by atoms with Crippen LogP contribution in [0.1, 0.15) is 30.5 Å². The minimum atomic E-state index is -0.215. The number of hydrogen-bond donors (Lipinski definition) is 0. The molecule has 0 N–H and O–H groups in total. The molecule has 1 aliphatic rings. The number of pyridine rings is 1. The van der Waals surface area contributed by atoms with Crippen LogP contribution in [0.25, 0.3) is 22.4 Å². The van der Waals surface area contributed by atoms with Gasteiger partial charge in [-0.2, -0.15) is 4.57 Å². The van der Waals surface area contributed by atoms with Gasteiger partial charge in [0.2, 0.25) is 11.9 Å². The van der Waals surface area contributed by atoms with Crippen LogP contribution in [0.4, 0.5) is 4.39 Å². The van der Waals surface area contributed by atoms with Gasteiger partial charge in [0.1, 0.15) is 7.05 Å². The predicted molar refractivity (Wildman–Crippen MR) is 95.3 cm³/mol. The normalized spacial score (nSPS) is 14.4. The van der Waals surface area contributed by atoms with Gasteiger partial charge in [-0.05, 0) is 46.9 Å². The molecule has 0 amide bonds. The van der Waals surface area contributed by atoms with Gasteiger partial charge >= 0.3 is 0 Å². The molecule has 120 valence electrons. The van der Waals surface area contributed by atoms with Crippen molar-refractivity contribution >= 4 is 0 Å². The van der Waals surface area contributed by atoms with Crippen LogP contribution in [0.5, 0.6) is 0 Å². The molecule has 1 aliphatic carbocycles. The van der Waals surface area contributed by atoms with E-state index in [0.29, 0.717) is 0 Å². The summed E-state index contributed by atoms with van der Waals surface area (Å²) in [6.07, 6.45) is 1.53. The second-order valence-electron chi connectivity index (χ2n) is 7.23. The number of halogens is 1. The zero-order valence-electron chi connectivity index (χ0n) is 14.5. The van der Waals surface area contributed by atoms with E-state index in [1.54, 1.807) is 0 Å². The summed E-state index contributed by atoms with van der Waals surface area (Å²) in [5, 5.41) is 0. The molecule has 0 saturated carbocycles. The molecule has 0 radical (unpaired) electrons. The highest BCUT2D eigenvalue weighted by Gasteiger charge is 2.36. The number of benzene rings is 2. The van der Waals surface area contributed by atoms with E-state index in [-0.39, 0.29) is 11.2 Å². The standard InChI is InChI=1S/C22H21FN/c1-14-11-18-16-7-5-6-8-19(16)22(2,3)20(18)12-17(14)21-10-9-15(23)13-24(21)4/h5-13H,1-4H3/q+1. The maximum atomic E-state index is 13.5. The smallest absolute Gasteiger partial charge is 0.200 e. The zero-order chi connectivity index (χ0) is 17.1. The quantitative estimate of drug-likeness (QED) is 0.560. The minimum Gasteiger partial charge on any atom is -0.200 e. The highest BCUT2D eigenvalue weighted by atomic mass is 19.1. The fourth-order valence-corrected chi connectivity index (χ4v) is 3.99. The summed E-state index contributed by atoms with van der Waals surface area (Å²) >= 11 is 0. The Labute approximate surface area is 142 Å². The average molecular weight is 318 g/mol. The fourth-order valence-electron chi connectivity index (χ4n) is 3.99. The zero-order valence-corrected chi connectivity index (χ0v) is 14.5. The fraction of sp³-hybridized carbons (Fsp3) is 0.227. The summed E-state index contributed by atoms with van der Waals surface area (Å²) in [5.74, 6) is -0.215. The molecule has 0 saturated heterocycles. The lowest BCUT2D eigenvalue weighted by atomic mass is 9.81. The summed E-state index contributed by atoms with van der Waals surface area (Å²) in [4.78, 5) is 0. The largest absolute Gasteiger partial charge is 0.212 e. The van der Waals surface area contributed by atoms with Gasteiger partial charge in [0, 0.05) is 17.0 Å². The number of hydrogen-bond acceptors (Lipinski definition) is 0. The number of aromatic nitrogens is 1. The monoisotopic (exact) mass is 318 g/mol. The van der Waals surface area contributed by atoms with Crippen LogP contribution in [-0.2, 0) is 12.5 Å². The van der Waals surface area contributed by atoms with E-state index < -0.39 is 0 Å². The highest BCUT2D eigenvalue weighted by Crippen LogP contribution is 2.49. The van der Waals surface area contributed by atoms with Crippen molar-refractivity contribution in [1.29, 1.82) is 0 Å². The Hall–Kier alpha value is -2.48. The van der Waals surface area contributed by atoms with E-state index in [0.717, 1.165) is 11.3 Å². The Kier molecular flexibility index (Phi) is 3.14. The van der Waals surface area contributed by atoms with Crippen LogP contribution in [0, 0.1) is 12.7 Å². The minimum absolute atomic E-state index is 0.0209. The van der Waals surface area contributed by atoms with Crippen molar-refractivity contribution in [2.75, 3.05) is 0 Å². The van der Waals surface area contributed by atoms with Crippen LogP contribution in [0.3, 0.4) is 0 Å². The van der Waals surface area contributed by atoms with Crippen molar-refractivity contribution in [3.8, 4) is 22.4 Å². The van der Waals surface area contributed by atoms with Crippen LogP contribution >= 0.6 is 0 Å². The lowest BCUT2D eigenvalue weighted by Crippen LogP contribution is -2.31. The molecular formula is C22H21FN+. The molecule has 0 aliphatic heterocycles. The molecule has 0 spiro atoms. The first-order chi connectivity index (χ1) is 11.4. The molecule has 0 bridgehead atoms. The molecule has 4 rings (SSSR count). The Morgan fingerprint density at radius 2 is 1.62 bits per heavy atom. The molecule has 1 heterocycles. The second-order valence-corrected chi connectivity index (χ2v) is 7.23. The van der Waals surface area contributed by atoms with Crippen molar-refractivity contribution in [2.45, 2.75) is 26.2 Å². The van der Waals surface area contributed by atoms with Crippen LogP contribution in [0.2, 0.25) is 0 Å². The Bertz CT molecular complexity index is 970. The topological polar surface area (TPSA) is 3.88 Å². The number of fused-ring (bicyclic) bond motifs is 3. The molecule has 24 heavy (non-hydrogen) atoms. The van der Waals surface area contributed by atoms with Gasteiger partial charge in [0.25, 0.3) is 0 Å². The highest BCUT2D eigenvalue weighted by molar-refractivity contribution is 5.84. The number of aryl methyl sites for hydroxylation is 2. The number of rotatable bonds is 1. The third kappa shape index (κ3) is 2.02. The molecule has 2 aromatic carbocycles. The van der Waals surface area contributed by atoms with Gasteiger partial charge in [-0.25, -0.2) is 4.39 Å². The van der Waals surface area contributed by atoms with Gasteiger partial charge in [-0.3, -0.25) is 0 Å². The lowest BCUT2D eigenvalue weighted by Gasteiger charge is -2.22. The Morgan fingerprint density at radius 3 is 2.38 bits per heavy atom. The van der Waals surface area contributed by atoms with Crippen LogP contribution < -0.4 is 4.57 Å². The first-order valence-corrected chi connectivity index (χ1v) is 8.30. The molecule has 1 nitrogen and oxygen atoms in total. The maximum absolute atomic E-state index is 13.5. The van der Waals surface area contributed by atoms with E-state index in [2.05, 4.69) is 57.2 Å². The Balaban J connectivity index is 1.98. The molecule has 2 heteroatoms. The van der Waals surface area contributed by atoms with Crippen molar-refractivity contribution < 1.29 is 8.96 Å². The average Bonchev–Trinajstić information content (AvgIpc) is 2.75. The van der Waals surface area contributed by atoms with E-state index in [9.17, 15) is 4.39 Å². The Morgan fingerprint density at radius 1 is 0.875 bits per heavy atom. The van der Waals surface area contributed by atoms with Crippen LogP contribution in [-0.4, -0.2) is 0 Å². The van der Waals surface area contributed by atoms with Gasteiger partial charge in [-0.15, -0.1) is 0 Å². The van der Waals surface area contributed by atoms with E-state index in [1.165, 1.54) is 40.1 Å². The lowest BCUT2D eigenvalue weighted by molar-refractivity contribution is -0.661. The first kappa shape index (κ1) is 15.1. The summed E-state index contributed by atoms with van der Waals surface area (Å²) in [6.45, 7) is 6.69. The molecule has 1 aromatic heterocycles. The van der Waals surface area contributed by atoms with E-state index in [4.69, 9.17) is 0 Å². The molecule has 0 fully saturated rings. The SMILES string of the molecule is Cc1cc2c(cc1-c1ccc(F)c[n+]1C)C(C)(C)c1ccccc1-2. The summed E-state index contributed by atoms with van der Waals surface area (Å²) < 4.78 is 15.3.